The quantitative estimate of drug-likeness (QED) is 0.264. The van der Waals surface area contributed by atoms with Gasteiger partial charge in [-0.2, -0.15) is 26.3 Å². The highest BCUT2D eigenvalue weighted by Crippen LogP contribution is 2.31. The van der Waals surface area contributed by atoms with Crippen LogP contribution < -0.4 is 15.5 Å². The molecule has 0 radical (unpaired) electrons. The van der Waals surface area contributed by atoms with Crippen LogP contribution in [0, 0.1) is 0 Å². The van der Waals surface area contributed by atoms with E-state index >= 15 is 0 Å². The second-order valence-corrected chi connectivity index (χ2v) is 11.2. The molecule has 1 aromatic carbocycles. The number of benzene rings is 1. The van der Waals surface area contributed by atoms with E-state index in [4.69, 9.17) is 31.4 Å². The molecule has 0 spiro atoms. The Morgan fingerprint density at radius 1 is 0.872 bits per heavy atom. The van der Waals surface area contributed by atoms with Gasteiger partial charge in [-0.25, -0.2) is 9.59 Å². The lowest BCUT2D eigenvalue weighted by atomic mass is 10.1. The van der Waals surface area contributed by atoms with Gasteiger partial charge in [-0.15, -0.1) is 10.2 Å². The summed E-state index contributed by atoms with van der Waals surface area (Å²) < 4.78 is 65.7. The number of pyridine rings is 1. The fourth-order valence-electron chi connectivity index (χ4n) is 4.92. The molecule has 5 rings (SSSR count). The molecule has 258 valence electrons. The third-order valence-corrected chi connectivity index (χ3v) is 7.44. The summed E-state index contributed by atoms with van der Waals surface area (Å²) in [5.41, 5.74) is 2.34. The molecule has 1 atom stereocenters. The molecule has 18 heteroatoms. The Balaban J connectivity index is 0.000000360. The number of hydrogen-bond donors (Lipinski definition) is 4. The van der Waals surface area contributed by atoms with Gasteiger partial charge in [0.05, 0.1) is 12.1 Å². The SMILES string of the molecule is O=C(NC1CCCNC1)c1nnc2n(Cc3ccc(Cl)cc3)c(N3CCCCCC3)ccc1-2.O=C(O)C(F)(F)F.O=C(O)C(F)(F)F. The largest absolute Gasteiger partial charge is 0.490 e. The molecular formula is C29H33ClF6N6O5. The van der Waals surface area contributed by atoms with E-state index in [2.05, 4.69) is 36.4 Å². The van der Waals surface area contributed by atoms with Gasteiger partial charge in [0.25, 0.3) is 5.91 Å². The van der Waals surface area contributed by atoms with Crippen LogP contribution in [0.2, 0.25) is 5.02 Å². The minimum atomic E-state index is -5.08. The molecule has 0 aliphatic carbocycles. The number of aliphatic carboxylic acids is 2. The molecule has 4 aliphatic heterocycles. The van der Waals surface area contributed by atoms with Gasteiger partial charge >= 0.3 is 24.3 Å². The fraction of sp³-hybridized carbons (Fsp3) is 0.483. The van der Waals surface area contributed by atoms with Gasteiger partial charge < -0.3 is 30.3 Å². The maximum absolute atomic E-state index is 13.1. The number of anilines is 1. The maximum atomic E-state index is 13.1. The lowest BCUT2D eigenvalue weighted by Gasteiger charge is -2.28. The van der Waals surface area contributed by atoms with E-state index < -0.39 is 24.3 Å². The molecule has 4 heterocycles. The van der Waals surface area contributed by atoms with Crippen molar-refractivity contribution in [3.8, 4) is 11.4 Å². The Hall–Kier alpha value is -4.12. The van der Waals surface area contributed by atoms with E-state index in [0.717, 1.165) is 66.8 Å². The Bertz CT molecular complexity index is 1430. The van der Waals surface area contributed by atoms with Crippen molar-refractivity contribution in [2.24, 2.45) is 0 Å². The zero-order valence-electron chi connectivity index (χ0n) is 24.9. The summed E-state index contributed by atoms with van der Waals surface area (Å²) in [7, 11) is 0. The molecule has 11 nitrogen and oxygen atoms in total. The Morgan fingerprint density at radius 3 is 1.96 bits per heavy atom. The van der Waals surface area contributed by atoms with Crippen LogP contribution in [0.25, 0.3) is 11.4 Å². The number of hydrogen-bond acceptors (Lipinski definition) is 7. The first-order chi connectivity index (χ1) is 22.1. The van der Waals surface area contributed by atoms with Gasteiger partial charge in [-0.3, -0.25) is 4.79 Å². The smallest absolute Gasteiger partial charge is 0.475 e. The summed E-state index contributed by atoms with van der Waals surface area (Å²) in [6.07, 6.45) is -3.19. The van der Waals surface area contributed by atoms with E-state index in [1.807, 2.05) is 30.3 Å². The van der Waals surface area contributed by atoms with Gasteiger partial charge in [-0.1, -0.05) is 36.6 Å². The van der Waals surface area contributed by atoms with Crippen LogP contribution in [0.15, 0.2) is 36.4 Å². The summed E-state index contributed by atoms with van der Waals surface area (Å²) in [6.45, 7) is 4.51. The van der Waals surface area contributed by atoms with E-state index in [1.165, 1.54) is 25.7 Å². The standard InChI is InChI=1S/C25H31ClN6O.2C2HF3O2/c26-19-9-7-18(8-10-19)17-32-22(31-14-3-1-2-4-15-31)12-11-21-23(29-30-24(21)32)25(33)28-20-6-5-13-27-16-20;2*3-2(4,5)1(6)7/h7-12,20,27H,1-6,13-17H2,(H,28,33);2*(H,6,7). The van der Waals surface area contributed by atoms with Crippen molar-refractivity contribution >= 4 is 35.3 Å². The predicted octanol–water partition coefficient (Wildman–Crippen LogP) is 5.21. The Kier molecular flexibility index (Phi) is 13.2. The monoisotopic (exact) mass is 694 g/mol. The first-order valence-corrected chi connectivity index (χ1v) is 14.9. The molecule has 47 heavy (non-hydrogen) atoms. The van der Waals surface area contributed by atoms with Crippen molar-refractivity contribution < 1.29 is 50.9 Å². The number of carbonyl (C=O) groups excluding carboxylic acids is 1. The van der Waals surface area contributed by atoms with Crippen LogP contribution >= 0.6 is 11.6 Å². The van der Waals surface area contributed by atoms with Crippen LogP contribution in [0.1, 0.15) is 54.6 Å². The normalized spacial score (nSPS) is 17.0. The summed E-state index contributed by atoms with van der Waals surface area (Å²) in [6, 6.07) is 12.2. The Morgan fingerprint density at radius 2 is 1.45 bits per heavy atom. The van der Waals surface area contributed by atoms with Crippen molar-refractivity contribution in [3.63, 3.8) is 0 Å². The maximum Gasteiger partial charge on any atom is 0.490 e. The zero-order valence-corrected chi connectivity index (χ0v) is 25.6. The molecule has 1 amide bonds. The number of nitrogens with zero attached hydrogens (tertiary/aromatic N) is 4. The zero-order chi connectivity index (χ0) is 34.8. The van der Waals surface area contributed by atoms with Crippen LogP contribution in [-0.2, 0) is 16.1 Å². The number of aromatic nitrogens is 3. The van der Waals surface area contributed by atoms with Crippen molar-refractivity contribution in [2.45, 2.75) is 63.5 Å². The number of amides is 1. The minimum absolute atomic E-state index is 0.135. The lowest BCUT2D eigenvalue weighted by molar-refractivity contribution is -0.193. The summed E-state index contributed by atoms with van der Waals surface area (Å²) >= 11 is 6.11. The fourth-order valence-corrected chi connectivity index (χ4v) is 5.05. The summed E-state index contributed by atoms with van der Waals surface area (Å²) in [4.78, 5) is 33.3. The van der Waals surface area contributed by atoms with E-state index in [0.29, 0.717) is 12.2 Å². The molecule has 2 saturated heterocycles. The second-order valence-electron chi connectivity index (χ2n) is 10.7. The van der Waals surface area contributed by atoms with Crippen LogP contribution in [0.4, 0.5) is 32.2 Å². The number of alkyl halides is 6. The second kappa shape index (κ2) is 16.6. The van der Waals surface area contributed by atoms with Gasteiger partial charge in [0, 0.05) is 30.7 Å². The molecular weight excluding hydrogens is 662 g/mol. The van der Waals surface area contributed by atoms with Crippen molar-refractivity contribution in [1.82, 2.24) is 25.4 Å². The molecule has 0 aromatic heterocycles. The summed E-state index contributed by atoms with van der Waals surface area (Å²) in [5, 5.41) is 30.3. The van der Waals surface area contributed by atoms with Gasteiger partial charge in [0.2, 0.25) is 0 Å². The van der Waals surface area contributed by atoms with Gasteiger partial charge in [-0.05, 0) is 62.1 Å². The van der Waals surface area contributed by atoms with Crippen LogP contribution in [0.3, 0.4) is 0 Å². The number of rotatable bonds is 5. The molecule has 0 bridgehead atoms. The average molecular weight is 695 g/mol. The van der Waals surface area contributed by atoms with E-state index in [9.17, 15) is 31.1 Å². The average Bonchev–Trinajstić information content (AvgIpc) is 3.26. The number of piperidine rings is 1. The van der Waals surface area contributed by atoms with Crippen LogP contribution in [0.5, 0.6) is 0 Å². The topological polar surface area (TPSA) is 150 Å². The number of carbonyl (C=O) groups is 3. The first kappa shape index (κ1) is 37.3. The highest BCUT2D eigenvalue weighted by atomic mass is 35.5. The highest BCUT2D eigenvalue weighted by Gasteiger charge is 2.39. The van der Waals surface area contributed by atoms with Crippen molar-refractivity contribution in [1.29, 1.82) is 0 Å². The number of carboxylic acids is 2. The molecule has 0 saturated carbocycles. The lowest BCUT2D eigenvalue weighted by Crippen LogP contribution is -2.45. The van der Waals surface area contributed by atoms with Crippen molar-refractivity contribution in [2.75, 3.05) is 31.1 Å². The van der Waals surface area contributed by atoms with Crippen molar-refractivity contribution in [3.05, 3.63) is 52.7 Å². The summed E-state index contributed by atoms with van der Waals surface area (Å²) in [5.74, 6) is -3.78. The molecule has 1 unspecified atom stereocenters. The van der Waals surface area contributed by atoms with Gasteiger partial charge in [0.15, 0.2) is 11.5 Å². The third kappa shape index (κ3) is 11.3. The number of fused-ring (bicyclic) bond motifs is 1. The molecule has 1 aromatic rings. The van der Waals surface area contributed by atoms with Crippen LogP contribution in [-0.4, -0.2) is 87.4 Å². The first-order valence-electron chi connectivity index (χ1n) is 14.5. The van der Waals surface area contributed by atoms with Gasteiger partial charge in [0.1, 0.15) is 5.82 Å². The number of carboxylic acid groups (broad SMARTS) is 2. The van der Waals surface area contributed by atoms with E-state index in [1.54, 1.807) is 0 Å². The molecule has 2 fully saturated rings. The highest BCUT2D eigenvalue weighted by molar-refractivity contribution is 6.30. The molecule has 4 N–H and O–H groups in total. The minimum Gasteiger partial charge on any atom is -0.475 e. The molecule has 4 aliphatic rings. The number of nitrogens with one attached hydrogen (secondary N) is 2. The number of halogens is 7. The van der Waals surface area contributed by atoms with E-state index in [-0.39, 0.29) is 11.9 Å². The third-order valence-electron chi connectivity index (χ3n) is 7.19. The Labute approximate surface area is 270 Å². The predicted molar refractivity (Wildman–Crippen MR) is 159 cm³/mol.